The molecule has 0 unspecified atom stereocenters. The first kappa shape index (κ1) is 25.5. The molecule has 2 amide bonds. The number of hydrogen-bond donors (Lipinski definition) is 2. The lowest BCUT2D eigenvalue weighted by molar-refractivity contribution is -0.115. The Morgan fingerprint density at radius 3 is 2.17 bits per heavy atom. The molecule has 1 aliphatic rings. The monoisotopic (exact) mass is 483 g/mol. The van der Waals surface area contributed by atoms with E-state index in [1.54, 1.807) is 0 Å². The zero-order valence-electron chi connectivity index (χ0n) is 21.4. The van der Waals surface area contributed by atoms with Crippen LogP contribution in [0, 0.1) is 11.8 Å². The topological polar surface area (TPSA) is 61.4 Å². The number of piperidine rings is 1. The van der Waals surface area contributed by atoms with Gasteiger partial charge in [-0.2, -0.15) is 0 Å². The average molecular weight is 484 g/mol. The smallest absolute Gasteiger partial charge is 0.253 e. The van der Waals surface area contributed by atoms with Gasteiger partial charge in [-0.15, -0.1) is 0 Å². The number of nitrogens with one attached hydrogen (secondary N) is 2. The molecule has 1 heterocycles. The fraction of sp³-hybridized carbons (Fsp3) is 0.355. The van der Waals surface area contributed by atoms with Gasteiger partial charge >= 0.3 is 0 Å². The van der Waals surface area contributed by atoms with Crippen molar-refractivity contribution in [2.24, 2.45) is 11.8 Å². The SMILES string of the molecule is CC(C)CNC(=O)c1cc(NC(=O)Cc2ccccc2)ccc1N1CCC(Cc2ccccc2)CC1. The normalized spacial score (nSPS) is 14.0. The van der Waals surface area contributed by atoms with Gasteiger partial charge in [-0.1, -0.05) is 74.5 Å². The Kier molecular flexibility index (Phi) is 8.77. The number of carbonyl (C=O) groups excluding carboxylic acids is 2. The zero-order chi connectivity index (χ0) is 25.3. The summed E-state index contributed by atoms with van der Waals surface area (Å²) >= 11 is 0. The molecule has 5 heteroatoms. The summed E-state index contributed by atoms with van der Waals surface area (Å²) in [6.45, 7) is 6.61. The summed E-state index contributed by atoms with van der Waals surface area (Å²) in [5.41, 5.74) is 4.55. The van der Waals surface area contributed by atoms with Crippen LogP contribution in [0.5, 0.6) is 0 Å². The van der Waals surface area contributed by atoms with Crippen molar-refractivity contribution < 1.29 is 9.59 Å². The number of benzene rings is 3. The number of hydrogen-bond acceptors (Lipinski definition) is 3. The van der Waals surface area contributed by atoms with Gasteiger partial charge in [0.15, 0.2) is 0 Å². The van der Waals surface area contributed by atoms with Crippen molar-refractivity contribution in [2.45, 2.75) is 39.5 Å². The summed E-state index contributed by atoms with van der Waals surface area (Å²) in [6, 6.07) is 26.1. The molecule has 0 bridgehead atoms. The van der Waals surface area contributed by atoms with Crippen LogP contribution in [-0.2, 0) is 17.6 Å². The van der Waals surface area contributed by atoms with Crippen LogP contribution in [0.25, 0.3) is 0 Å². The predicted molar refractivity (Wildman–Crippen MR) is 147 cm³/mol. The maximum Gasteiger partial charge on any atom is 0.253 e. The Bertz CT molecular complexity index is 1140. The molecule has 0 atom stereocenters. The van der Waals surface area contributed by atoms with Crippen molar-refractivity contribution in [1.82, 2.24) is 5.32 Å². The van der Waals surface area contributed by atoms with Crippen molar-refractivity contribution in [3.63, 3.8) is 0 Å². The third-order valence-electron chi connectivity index (χ3n) is 6.73. The highest BCUT2D eigenvalue weighted by Gasteiger charge is 2.24. The van der Waals surface area contributed by atoms with Gasteiger partial charge < -0.3 is 15.5 Å². The molecule has 36 heavy (non-hydrogen) atoms. The molecule has 3 aromatic rings. The number of anilines is 2. The van der Waals surface area contributed by atoms with E-state index in [0.29, 0.717) is 36.1 Å². The van der Waals surface area contributed by atoms with Crippen LogP contribution in [-0.4, -0.2) is 31.4 Å². The second-order valence-electron chi connectivity index (χ2n) is 10.2. The molecular formula is C31H37N3O2. The van der Waals surface area contributed by atoms with E-state index in [4.69, 9.17) is 0 Å². The molecule has 4 rings (SSSR count). The van der Waals surface area contributed by atoms with Crippen LogP contribution in [0.15, 0.2) is 78.9 Å². The molecule has 1 aliphatic heterocycles. The maximum atomic E-state index is 13.2. The van der Waals surface area contributed by atoms with Gasteiger partial charge in [-0.05, 0) is 60.4 Å². The minimum Gasteiger partial charge on any atom is -0.371 e. The van der Waals surface area contributed by atoms with Gasteiger partial charge in [0.2, 0.25) is 5.91 Å². The lowest BCUT2D eigenvalue weighted by Crippen LogP contribution is -2.36. The molecule has 5 nitrogen and oxygen atoms in total. The van der Waals surface area contributed by atoms with E-state index in [1.165, 1.54) is 5.56 Å². The molecule has 0 spiro atoms. The molecule has 1 saturated heterocycles. The Morgan fingerprint density at radius 1 is 0.889 bits per heavy atom. The van der Waals surface area contributed by atoms with Crippen molar-refractivity contribution in [2.75, 3.05) is 29.9 Å². The summed E-state index contributed by atoms with van der Waals surface area (Å²) in [5, 5.41) is 6.04. The zero-order valence-corrected chi connectivity index (χ0v) is 21.4. The fourth-order valence-electron chi connectivity index (χ4n) is 4.78. The van der Waals surface area contributed by atoms with Gasteiger partial charge in [0.1, 0.15) is 0 Å². The van der Waals surface area contributed by atoms with Gasteiger partial charge in [-0.25, -0.2) is 0 Å². The third kappa shape index (κ3) is 7.20. The fourth-order valence-corrected chi connectivity index (χ4v) is 4.78. The van der Waals surface area contributed by atoms with E-state index in [9.17, 15) is 9.59 Å². The molecule has 0 saturated carbocycles. The number of rotatable bonds is 9. The van der Waals surface area contributed by atoms with Gasteiger partial charge in [0.05, 0.1) is 12.0 Å². The van der Waals surface area contributed by atoms with E-state index in [1.807, 2.05) is 48.5 Å². The second kappa shape index (κ2) is 12.4. The quantitative estimate of drug-likeness (QED) is 0.410. The standard InChI is InChI=1S/C31H37N3O2/c1-23(2)22-32-31(36)28-21-27(33-30(35)20-25-11-7-4-8-12-25)13-14-29(28)34-17-15-26(16-18-34)19-24-9-5-3-6-10-24/h3-14,21,23,26H,15-20,22H2,1-2H3,(H,32,36)(H,33,35). The van der Waals surface area contributed by atoms with Crippen LogP contribution in [0.2, 0.25) is 0 Å². The van der Waals surface area contributed by atoms with Gasteiger partial charge in [-0.3, -0.25) is 9.59 Å². The molecule has 2 N–H and O–H groups in total. The van der Waals surface area contributed by atoms with Crippen molar-refractivity contribution in [3.8, 4) is 0 Å². The summed E-state index contributed by atoms with van der Waals surface area (Å²) in [4.78, 5) is 28.1. The first-order chi connectivity index (χ1) is 17.5. The highest BCUT2D eigenvalue weighted by Crippen LogP contribution is 2.30. The van der Waals surface area contributed by atoms with Crippen LogP contribution in [0.4, 0.5) is 11.4 Å². The average Bonchev–Trinajstić information content (AvgIpc) is 2.89. The number of amides is 2. The molecule has 1 fully saturated rings. The Balaban J connectivity index is 1.46. The highest BCUT2D eigenvalue weighted by molar-refractivity contribution is 6.02. The summed E-state index contributed by atoms with van der Waals surface area (Å²) in [5.74, 6) is 0.826. The summed E-state index contributed by atoms with van der Waals surface area (Å²) in [6.07, 6.45) is 3.59. The molecule has 0 aromatic heterocycles. The molecule has 3 aromatic carbocycles. The highest BCUT2D eigenvalue weighted by atomic mass is 16.2. The third-order valence-corrected chi connectivity index (χ3v) is 6.73. The predicted octanol–water partition coefficient (Wildman–Crippen LogP) is 5.71. The molecule has 0 radical (unpaired) electrons. The van der Waals surface area contributed by atoms with E-state index < -0.39 is 0 Å². The lowest BCUT2D eigenvalue weighted by Gasteiger charge is -2.35. The van der Waals surface area contributed by atoms with Crippen LogP contribution < -0.4 is 15.5 Å². The van der Waals surface area contributed by atoms with Gasteiger partial charge in [0.25, 0.3) is 5.91 Å². The van der Waals surface area contributed by atoms with E-state index >= 15 is 0 Å². The van der Waals surface area contributed by atoms with Crippen molar-refractivity contribution in [1.29, 1.82) is 0 Å². The van der Waals surface area contributed by atoms with Crippen molar-refractivity contribution >= 4 is 23.2 Å². The van der Waals surface area contributed by atoms with E-state index in [0.717, 1.165) is 43.6 Å². The molecular weight excluding hydrogens is 446 g/mol. The van der Waals surface area contributed by atoms with Crippen LogP contribution in [0.3, 0.4) is 0 Å². The first-order valence-corrected chi connectivity index (χ1v) is 13.0. The first-order valence-electron chi connectivity index (χ1n) is 13.0. The Hall–Kier alpha value is -3.60. The van der Waals surface area contributed by atoms with Crippen molar-refractivity contribution in [3.05, 3.63) is 95.6 Å². The van der Waals surface area contributed by atoms with Crippen LogP contribution in [0.1, 0.15) is 48.2 Å². The summed E-state index contributed by atoms with van der Waals surface area (Å²) in [7, 11) is 0. The maximum absolute atomic E-state index is 13.2. The molecule has 0 aliphatic carbocycles. The Morgan fingerprint density at radius 2 is 1.53 bits per heavy atom. The lowest BCUT2D eigenvalue weighted by atomic mass is 9.89. The summed E-state index contributed by atoms with van der Waals surface area (Å²) < 4.78 is 0. The minimum absolute atomic E-state index is 0.0933. The number of carbonyl (C=O) groups is 2. The largest absolute Gasteiger partial charge is 0.371 e. The minimum atomic E-state index is -0.0933. The second-order valence-corrected chi connectivity index (χ2v) is 10.2. The number of nitrogens with zero attached hydrogens (tertiary/aromatic N) is 1. The van der Waals surface area contributed by atoms with E-state index in [2.05, 4.69) is 59.7 Å². The van der Waals surface area contributed by atoms with Crippen LogP contribution >= 0.6 is 0 Å². The Labute approximate surface area is 214 Å². The van der Waals surface area contributed by atoms with Gasteiger partial charge in [0, 0.05) is 31.0 Å². The van der Waals surface area contributed by atoms with E-state index in [-0.39, 0.29) is 11.8 Å². The molecule has 188 valence electrons.